The molecule has 0 spiro atoms. The molecule has 98 valence electrons. The number of fused-ring (bicyclic) bond motifs is 1. The molecular weight excluding hydrogens is 320 g/mol. The molecule has 7 heteroatoms. The molecule has 1 saturated heterocycles. The summed E-state index contributed by atoms with van der Waals surface area (Å²) in [6.45, 7) is 0. The van der Waals surface area contributed by atoms with E-state index in [-0.39, 0.29) is 5.91 Å². The average Bonchev–Trinajstić information content (AvgIpc) is 2.83. The van der Waals surface area contributed by atoms with Crippen LogP contribution < -0.4 is 4.90 Å². The van der Waals surface area contributed by atoms with E-state index >= 15 is 0 Å². The lowest BCUT2D eigenvalue weighted by Crippen LogP contribution is -2.23. The van der Waals surface area contributed by atoms with E-state index in [1.54, 1.807) is 18.8 Å². The highest BCUT2D eigenvalue weighted by Gasteiger charge is 2.36. The number of thioether (sulfide) groups is 2. The van der Waals surface area contributed by atoms with Gasteiger partial charge in [0, 0.05) is 24.0 Å². The number of benzene rings is 1. The molecule has 0 radical (unpaired) electrons. The second-order valence-corrected chi connectivity index (χ2v) is 7.25. The number of likely N-dealkylation sites (N-methyl/N-ethyl adjacent to an activating group) is 1. The van der Waals surface area contributed by atoms with Crippen LogP contribution in [0.25, 0.3) is 0 Å². The highest BCUT2D eigenvalue weighted by atomic mass is 35.5. The number of hydrogen-bond acceptors (Lipinski definition) is 5. The molecule has 0 aliphatic carbocycles. The third-order valence-corrected chi connectivity index (χ3v) is 6.10. The van der Waals surface area contributed by atoms with Crippen LogP contribution in [0.15, 0.2) is 33.0 Å². The largest absolute Gasteiger partial charge is 0.337 e. The molecule has 1 aromatic rings. The van der Waals surface area contributed by atoms with Gasteiger partial charge in [-0.3, -0.25) is 9.69 Å². The van der Waals surface area contributed by atoms with Gasteiger partial charge < -0.3 is 4.90 Å². The minimum Gasteiger partial charge on any atom is -0.337 e. The summed E-state index contributed by atoms with van der Waals surface area (Å²) in [6.07, 6.45) is 0. The van der Waals surface area contributed by atoms with Crippen molar-refractivity contribution in [1.29, 1.82) is 0 Å². The Morgan fingerprint density at radius 2 is 1.95 bits per heavy atom. The molecule has 2 aliphatic heterocycles. The number of thiocarbonyl (C=S) groups is 1. The van der Waals surface area contributed by atoms with Gasteiger partial charge in [-0.2, -0.15) is 0 Å². The van der Waals surface area contributed by atoms with Crippen molar-refractivity contribution in [1.82, 2.24) is 4.90 Å². The maximum atomic E-state index is 12.2. The highest BCUT2D eigenvalue weighted by Crippen LogP contribution is 2.50. The van der Waals surface area contributed by atoms with Gasteiger partial charge in [0.1, 0.15) is 9.23 Å². The van der Waals surface area contributed by atoms with Crippen LogP contribution in [-0.4, -0.2) is 29.2 Å². The van der Waals surface area contributed by atoms with Gasteiger partial charge in [-0.1, -0.05) is 47.3 Å². The Kier molecular flexibility index (Phi) is 3.29. The third kappa shape index (κ3) is 2.07. The number of carbonyl (C=O) groups excluding carboxylic acids is 1. The molecule has 19 heavy (non-hydrogen) atoms. The first kappa shape index (κ1) is 13.3. The van der Waals surface area contributed by atoms with E-state index < -0.39 is 0 Å². The van der Waals surface area contributed by atoms with E-state index in [1.807, 2.05) is 30.1 Å². The molecule has 2 aliphatic rings. The second kappa shape index (κ2) is 4.70. The smallest absolute Gasteiger partial charge is 0.268 e. The van der Waals surface area contributed by atoms with Crippen LogP contribution in [0.5, 0.6) is 0 Å². The minimum absolute atomic E-state index is 0.0387. The van der Waals surface area contributed by atoms with E-state index in [2.05, 4.69) is 0 Å². The van der Waals surface area contributed by atoms with E-state index in [1.165, 1.54) is 16.7 Å². The minimum atomic E-state index is -0.0387. The van der Waals surface area contributed by atoms with Crippen molar-refractivity contribution in [2.45, 2.75) is 4.90 Å². The number of rotatable bonds is 0. The predicted octanol–water partition coefficient (Wildman–Crippen LogP) is 3.54. The molecule has 2 heterocycles. The predicted molar refractivity (Wildman–Crippen MR) is 85.7 cm³/mol. The van der Waals surface area contributed by atoms with Gasteiger partial charge in [-0.15, -0.1) is 0 Å². The first-order valence-electron chi connectivity index (χ1n) is 5.44. The van der Waals surface area contributed by atoms with E-state index in [4.69, 9.17) is 23.8 Å². The number of nitrogens with zero attached hydrogens (tertiary/aromatic N) is 2. The maximum Gasteiger partial charge on any atom is 0.268 e. The lowest BCUT2D eigenvalue weighted by Gasteiger charge is -2.14. The Balaban J connectivity index is 2.07. The van der Waals surface area contributed by atoms with Crippen LogP contribution in [0, 0.1) is 0 Å². The van der Waals surface area contributed by atoms with Crippen LogP contribution in [-0.2, 0) is 4.79 Å². The molecule has 0 unspecified atom stereocenters. The Morgan fingerprint density at radius 3 is 2.58 bits per heavy atom. The van der Waals surface area contributed by atoms with Gasteiger partial charge >= 0.3 is 0 Å². The summed E-state index contributed by atoms with van der Waals surface area (Å²) < 4.78 is 0.593. The Bertz CT molecular complexity index is 644. The van der Waals surface area contributed by atoms with Crippen molar-refractivity contribution < 1.29 is 4.79 Å². The van der Waals surface area contributed by atoms with Gasteiger partial charge in [-0.05, 0) is 18.2 Å². The fourth-order valence-electron chi connectivity index (χ4n) is 1.89. The fourth-order valence-corrected chi connectivity index (χ4v) is 4.54. The van der Waals surface area contributed by atoms with Gasteiger partial charge in [-0.25, -0.2) is 0 Å². The molecule has 1 amide bonds. The molecule has 1 fully saturated rings. The lowest BCUT2D eigenvalue weighted by molar-refractivity contribution is -0.121. The van der Waals surface area contributed by atoms with Crippen molar-refractivity contribution in [2.24, 2.45) is 0 Å². The van der Waals surface area contributed by atoms with Gasteiger partial charge in [0.15, 0.2) is 0 Å². The van der Waals surface area contributed by atoms with Crippen LogP contribution in [0.1, 0.15) is 0 Å². The number of hydrogen-bond donors (Lipinski definition) is 0. The molecule has 3 rings (SSSR count). The number of halogens is 1. The molecule has 0 saturated carbocycles. The Hall–Kier alpha value is -0.690. The molecular formula is C12H9ClN2OS3. The van der Waals surface area contributed by atoms with Crippen molar-refractivity contribution in [3.8, 4) is 0 Å². The van der Waals surface area contributed by atoms with Crippen LogP contribution >= 0.6 is 47.3 Å². The summed E-state index contributed by atoms with van der Waals surface area (Å²) in [6, 6.07) is 5.73. The standard InChI is InChI=1S/C12H9ClN2OS3/c1-14-7-5-6(13)3-4-8(7)18-11(14)9-10(16)15(2)12(17)19-9/h3-5H,1-2H3/b11-9+. The van der Waals surface area contributed by atoms with Crippen molar-refractivity contribution in [2.75, 3.05) is 19.0 Å². The molecule has 0 bridgehead atoms. The number of amides is 1. The summed E-state index contributed by atoms with van der Waals surface area (Å²) in [5, 5.41) is 1.61. The summed E-state index contributed by atoms with van der Waals surface area (Å²) in [7, 11) is 3.64. The average molecular weight is 329 g/mol. The molecule has 3 nitrogen and oxygen atoms in total. The molecule has 0 N–H and O–H groups in total. The van der Waals surface area contributed by atoms with Crippen molar-refractivity contribution in [3.05, 3.63) is 33.2 Å². The topological polar surface area (TPSA) is 23.6 Å². The fraction of sp³-hybridized carbons (Fsp3) is 0.167. The monoisotopic (exact) mass is 328 g/mol. The normalized spacial score (nSPS) is 22.5. The first-order valence-corrected chi connectivity index (χ1v) is 7.86. The first-order chi connectivity index (χ1) is 8.99. The number of carbonyl (C=O) groups is 1. The summed E-state index contributed by atoms with van der Waals surface area (Å²) in [5.74, 6) is -0.0387. The summed E-state index contributed by atoms with van der Waals surface area (Å²) >= 11 is 14.1. The zero-order valence-corrected chi connectivity index (χ0v) is 13.3. The second-order valence-electron chi connectivity index (χ2n) is 4.14. The zero-order chi connectivity index (χ0) is 13.7. The highest BCUT2D eigenvalue weighted by molar-refractivity contribution is 8.27. The van der Waals surface area contributed by atoms with Crippen LogP contribution in [0.4, 0.5) is 5.69 Å². The Labute approximate surface area is 130 Å². The SMILES string of the molecule is CN1C(=O)/C(=C2\Sc3ccc(Cl)cc3N2C)SC1=S. The van der Waals surface area contributed by atoms with E-state index in [0.717, 1.165) is 15.6 Å². The third-order valence-electron chi connectivity index (χ3n) is 2.95. The Morgan fingerprint density at radius 1 is 1.21 bits per heavy atom. The van der Waals surface area contributed by atoms with Crippen molar-refractivity contribution in [3.63, 3.8) is 0 Å². The van der Waals surface area contributed by atoms with Crippen LogP contribution in [0.2, 0.25) is 5.02 Å². The van der Waals surface area contributed by atoms with E-state index in [9.17, 15) is 4.79 Å². The summed E-state index contributed by atoms with van der Waals surface area (Å²) in [4.78, 5) is 17.4. The van der Waals surface area contributed by atoms with Gasteiger partial charge in [0.25, 0.3) is 5.91 Å². The van der Waals surface area contributed by atoms with Gasteiger partial charge in [0.05, 0.1) is 10.7 Å². The molecule has 1 aromatic carbocycles. The summed E-state index contributed by atoms with van der Waals surface area (Å²) in [5.41, 5.74) is 1.02. The quantitative estimate of drug-likeness (QED) is 0.535. The number of anilines is 1. The van der Waals surface area contributed by atoms with E-state index in [0.29, 0.717) is 14.2 Å². The lowest BCUT2D eigenvalue weighted by atomic mass is 10.3. The molecule has 0 atom stereocenters. The molecule has 0 aromatic heterocycles. The van der Waals surface area contributed by atoms with Crippen molar-refractivity contribution >= 4 is 63.3 Å². The van der Waals surface area contributed by atoms with Gasteiger partial charge in [0.2, 0.25) is 0 Å². The zero-order valence-electron chi connectivity index (χ0n) is 10.1. The van der Waals surface area contributed by atoms with Crippen LogP contribution in [0.3, 0.4) is 0 Å². The maximum absolute atomic E-state index is 12.2.